The molecule has 0 aliphatic carbocycles. The second-order valence-electron chi connectivity index (χ2n) is 4.26. The van der Waals surface area contributed by atoms with Crippen molar-refractivity contribution in [2.45, 2.75) is 18.6 Å². The zero-order valence-corrected chi connectivity index (χ0v) is 10.5. The molecule has 2 heteroatoms. The molecule has 0 heterocycles. The Labute approximate surface area is 113 Å². The van der Waals surface area contributed by atoms with Crippen molar-refractivity contribution in [2.24, 2.45) is 0 Å². The van der Waals surface area contributed by atoms with E-state index < -0.39 is 12.2 Å². The van der Waals surface area contributed by atoms with Gasteiger partial charge in [-0.1, -0.05) is 72.5 Å². The summed E-state index contributed by atoms with van der Waals surface area (Å²) >= 11 is 0. The zero-order chi connectivity index (χ0) is 13.5. The minimum absolute atomic E-state index is 0.313. The molecule has 0 saturated carbocycles. The summed E-state index contributed by atoms with van der Waals surface area (Å²) in [5.41, 5.74) is 1.61. The van der Waals surface area contributed by atoms with Crippen molar-refractivity contribution in [3.05, 3.63) is 71.8 Å². The summed E-state index contributed by atoms with van der Waals surface area (Å²) in [6.45, 7) is 0. The highest BCUT2D eigenvalue weighted by Gasteiger charge is 2.05. The Morgan fingerprint density at radius 3 is 1.89 bits per heavy atom. The average Bonchev–Trinajstić information content (AvgIpc) is 2.49. The molecular formula is C17H16O2. The number of benzene rings is 2. The molecule has 2 aromatic rings. The number of rotatable bonds is 3. The Balaban J connectivity index is 1.94. The van der Waals surface area contributed by atoms with Gasteiger partial charge in [0.25, 0.3) is 0 Å². The third-order valence-corrected chi connectivity index (χ3v) is 2.83. The van der Waals surface area contributed by atoms with Gasteiger partial charge in [0.1, 0.15) is 6.10 Å². The summed E-state index contributed by atoms with van der Waals surface area (Å²) in [6.07, 6.45) is -1.10. The monoisotopic (exact) mass is 252 g/mol. The van der Waals surface area contributed by atoms with Crippen LogP contribution in [0.25, 0.3) is 0 Å². The molecular weight excluding hydrogens is 236 g/mol. The van der Waals surface area contributed by atoms with Crippen LogP contribution in [0.4, 0.5) is 0 Å². The fourth-order valence-electron chi connectivity index (χ4n) is 1.76. The quantitative estimate of drug-likeness (QED) is 0.825. The summed E-state index contributed by atoms with van der Waals surface area (Å²) in [5, 5.41) is 19.8. The minimum atomic E-state index is -0.802. The zero-order valence-electron chi connectivity index (χ0n) is 10.5. The van der Waals surface area contributed by atoms with Crippen LogP contribution in [0.2, 0.25) is 0 Å². The van der Waals surface area contributed by atoms with Crippen LogP contribution in [0.3, 0.4) is 0 Å². The van der Waals surface area contributed by atoms with Gasteiger partial charge in [-0.15, -0.1) is 0 Å². The molecule has 2 rings (SSSR count). The van der Waals surface area contributed by atoms with Crippen molar-refractivity contribution in [3.63, 3.8) is 0 Å². The van der Waals surface area contributed by atoms with E-state index in [1.807, 2.05) is 60.7 Å². The van der Waals surface area contributed by atoms with E-state index in [1.54, 1.807) is 0 Å². The number of hydrogen-bond acceptors (Lipinski definition) is 2. The van der Waals surface area contributed by atoms with Gasteiger partial charge in [0, 0.05) is 6.42 Å². The SMILES string of the molecule is O[C@@H](C#CC[C@H](O)c1ccccc1)c1ccccc1. The lowest BCUT2D eigenvalue weighted by atomic mass is 10.1. The van der Waals surface area contributed by atoms with Gasteiger partial charge in [-0.3, -0.25) is 0 Å². The van der Waals surface area contributed by atoms with Gasteiger partial charge >= 0.3 is 0 Å². The second-order valence-corrected chi connectivity index (χ2v) is 4.26. The van der Waals surface area contributed by atoms with E-state index in [0.29, 0.717) is 6.42 Å². The van der Waals surface area contributed by atoms with Crippen LogP contribution < -0.4 is 0 Å². The number of aliphatic hydroxyl groups is 2. The van der Waals surface area contributed by atoms with Crippen LogP contribution in [-0.4, -0.2) is 10.2 Å². The van der Waals surface area contributed by atoms with Crippen molar-refractivity contribution in [1.82, 2.24) is 0 Å². The molecule has 0 bridgehead atoms. The van der Waals surface area contributed by atoms with Crippen LogP contribution in [0, 0.1) is 11.8 Å². The van der Waals surface area contributed by atoms with Crippen LogP contribution in [-0.2, 0) is 0 Å². The van der Waals surface area contributed by atoms with Crippen LogP contribution in [0.5, 0.6) is 0 Å². The fourth-order valence-corrected chi connectivity index (χ4v) is 1.76. The van der Waals surface area contributed by atoms with E-state index in [-0.39, 0.29) is 0 Å². The summed E-state index contributed by atoms with van der Waals surface area (Å²) in [7, 11) is 0. The first kappa shape index (κ1) is 13.4. The van der Waals surface area contributed by atoms with E-state index in [2.05, 4.69) is 11.8 Å². The summed E-state index contributed by atoms with van der Waals surface area (Å²) in [6, 6.07) is 18.7. The van der Waals surface area contributed by atoms with Gasteiger partial charge in [0.15, 0.2) is 0 Å². The van der Waals surface area contributed by atoms with E-state index in [1.165, 1.54) is 0 Å². The molecule has 2 nitrogen and oxygen atoms in total. The van der Waals surface area contributed by atoms with Crippen molar-refractivity contribution in [1.29, 1.82) is 0 Å². The summed E-state index contributed by atoms with van der Waals surface area (Å²) in [4.78, 5) is 0. The molecule has 0 spiro atoms. The Bertz CT molecular complexity index is 552. The van der Waals surface area contributed by atoms with E-state index >= 15 is 0 Å². The van der Waals surface area contributed by atoms with Gasteiger partial charge in [0.2, 0.25) is 0 Å². The van der Waals surface area contributed by atoms with Crippen LogP contribution in [0.1, 0.15) is 29.8 Å². The average molecular weight is 252 g/mol. The van der Waals surface area contributed by atoms with Crippen molar-refractivity contribution in [2.75, 3.05) is 0 Å². The maximum Gasteiger partial charge on any atom is 0.140 e. The fraction of sp³-hybridized carbons (Fsp3) is 0.176. The predicted octanol–water partition coefficient (Wildman–Crippen LogP) is 2.85. The molecule has 2 N–H and O–H groups in total. The Hall–Kier alpha value is -2.08. The normalized spacial score (nSPS) is 13.2. The van der Waals surface area contributed by atoms with Crippen molar-refractivity contribution < 1.29 is 10.2 Å². The highest BCUT2D eigenvalue weighted by atomic mass is 16.3. The van der Waals surface area contributed by atoms with Crippen LogP contribution >= 0.6 is 0 Å². The Morgan fingerprint density at radius 2 is 1.32 bits per heavy atom. The second kappa shape index (κ2) is 6.75. The molecule has 2 atom stereocenters. The topological polar surface area (TPSA) is 40.5 Å². The maximum atomic E-state index is 9.92. The van der Waals surface area contributed by atoms with Gasteiger partial charge in [-0.25, -0.2) is 0 Å². The molecule has 0 amide bonds. The summed E-state index contributed by atoms with van der Waals surface area (Å²) in [5.74, 6) is 5.58. The first-order valence-corrected chi connectivity index (χ1v) is 6.22. The van der Waals surface area contributed by atoms with E-state index in [0.717, 1.165) is 11.1 Å². The Kier molecular flexibility index (Phi) is 4.74. The number of hydrogen-bond donors (Lipinski definition) is 2. The van der Waals surface area contributed by atoms with Gasteiger partial charge in [-0.2, -0.15) is 0 Å². The van der Waals surface area contributed by atoms with Gasteiger partial charge < -0.3 is 10.2 Å². The molecule has 0 radical (unpaired) electrons. The molecule has 0 aliphatic heterocycles. The third kappa shape index (κ3) is 3.96. The lowest BCUT2D eigenvalue weighted by Gasteiger charge is -2.06. The Morgan fingerprint density at radius 1 is 0.789 bits per heavy atom. The lowest BCUT2D eigenvalue weighted by Crippen LogP contribution is -1.96. The third-order valence-electron chi connectivity index (χ3n) is 2.83. The van der Waals surface area contributed by atoms with Crippen LogP contribution in [0.15, 0.2) is 60.7 Å². The lowest BCUT2D eigenvalue weighted by molar-refractivity contribution is 0.183. The first-order chi connectivity index (χ1) is 9.27. The molecule has 0 aliphatic rings. The predicted molar refractivity (Wildman–Crippen MR) is 75.2 cm³/mol. The molecule has 0 unspecified atom stereocenters. The number of aliphatic hydroxyl groups excluding tert-OH is 2. The van der Waals surface area contributed by atoms with Gasteiger partial charge in [-0.05, 0) is 11.1 Å². The molecule has 0 saturated heterocycles. The summed E-state index contributed by atoms with van der Waals surface area (Å²) < 4.78 is 0. The standard InChI is InChI=1S/C17H16O2/c18-16(14-8-3-1-4-9-14)12-7-13-17(19)15-10-5-2-6-11-15/h1-6,8-11,16-19H,12H2/t16-,17-/m0/s1. The smallest absolute Gasteiger partial charge is 0.140 e. The van der Waals surface area contributed by atoms with E-state index in [9.17, 15) is 10.2 Å². The largest absolute Gasteiger partial charge is 0.387 e. The van der Waals surface area contributed by atoms with E-state index in [4.69, 9.17) is 0 Å². The van der Waals surface area contributed by atoms with Crippen molar-refractivity contribution in [3.8, 4) is 11.8 Å². The van der Waals surface area contributed by atoms with Gasteiger partial charge in [0.05, 0.1) is 6.10 Å². The first-order valence-electron chi connectivity index (χ1n) is 6.22. The molecule has 0 fully saturated rings. The minimum Gasteiger partial charge on any atom is -0.387 e. The molecule has 96 valence electrons. The van der Waals surface area contributed by atoms with Crippen molar-refractivity contribution >= 4 is 0 Å². The molecule has 2 aromatic carbocycles. The molecule has 0 aromatic heterocycles. The highest BCUT2D eigenvalue weighted by Crippen LogP contribution is 2.16. The highest BCUT2D eigenvalue weighted by molar-refractivity contribution is 5.25. The maximum absolute atomic E-state index is 9.92. The molecule has 19 heavy (non-hydrogen) atoms.